The van der Waals surface area contributed by atoms with E-state index in [0.717, 1.165) is 0 Å². The van der Waals surface area contributed by atoms with E-state index in [1.807, 2.05) is 0 Å². The topological polar surface area (TPSA) is 89.3 Å². The minimum atomic E-state index is -3.67. The second-order valence-corrected chi connectivity index (χ2v) is 7.97. The van der Waals surface area contributed by atoms with Gasteiger partial charge in [0.1, 0.15) is 0 Å². The fraction of sp³-hybridized carbons (Fsp3) is 0.400. The van der Waals surface area contributed by atoms with Crippen molar-refractivity contribution in [3.63, 3.8) is 0 Å². The van der Waals surface area contributed by atoms with Crippen LogP contribution in [0.2, 0.25) is 0 Å². The maximum Gasteiger partial charge on any atom is 0.242 e. The lowest BCUT2D eigenvalue weighted by Gasteiger charge is -2.14. The normalized spacial score (nSPS) is 15.3. The first-order valence-corrected chi connectivity index (χ1v) is 9.10. The molecule has 1 rings (SSSR count). The number of hydrogen-bond acceptors (Lipinski definition) is 4. The summed E-state index contributed by atoms with van der Waals surface area (Å²) in [5.41, 5.74) is 5.94. The number of benzene rings is 1. The number of nitrogens with one attached hydrogen (secondary N) is 1. The molecule has 1 aromatic carbocycles. The van der Waals surface area contributed by atoms with Gasteiger partial charge in [0, 0.05) is 39.0 Å². The molecule has 8 heteroatoms. The Morgan fingerprint density at radius 1 is 1.50 bits per heavy atom. The van der Waals surface area contributed by atoms with E-state index in [-0.39, 0.29) is 10.6 Å². The van der Waals surface area contributed by atoms with Crippen LogP contribution in [0, 0.1) is 0 Å². The Hall–Kier alpha value is -0.440. The van der Waals surface area contributed by atoms with Crippen LogP contribution in [0.25, 0.3) is 0 Å². The standard InChI is InChI=1S/C10H15BrN2O3S2/c1-7(6-17(2)14)13-18(15,16)10-5-8(12)3-4-9(10)11/h3-5,7,13H,6,12H2,1-2H3. The molecule has 0 saturated heterocycles. The van der Waals surface area contributed by atoms with Crippen molar-refractivity contribution in [2.75, 3.05) is 17.7 Å². The third-order valence-corrected chi connectivity index (χ3v) is 5.64. The molecule has 5 nitrogen and oxygen atoms in total. The molecule has 0 aliphatic rings. The molecule has 0 spiro atoms. The van der Waals surface area contributed by atoms with Crippen LogP contribution in [-0.4, -0.2) is 30.7 Å². The van der Waals surface area contributed by atoms with Crippen LogP contribution < -0.4 is 10.5 Å². The zero-order valence-electron chi connectivity index (χ0n) is 10.0. The van der Waals surface area contributed by atoms with Crippen LogP contribution in [0.1, 0.15) is 6.92 Å². The number of anilines is 1. The number of hydrogen-bond donors (Lipinski definition) is 2. The van der Waals surface area contributed by atoms with Gasteiger partial charge in [-0.3, -0.25) is 4.21 Å². The van der Waals surface area contributed by atoms with Crippen LogP contribution in [0.3, 0.4) is 0 Å². The first kappa shape index (κ1) is 15.6. The molecule has 0 aliphatic heterocycles. The fourth-order valence-electron chi connectivity index (χ4n) is 1.44. The smallest absolute Gasteiger partial charge is 0.242 e. The van der Waals surface area contributed by atoms with Gasteiger partial charge >= 0.3 is 0 Å². The van der Waals surface area contributed by atoms with E-state index in [0.29, 0.717) is 10.2 Å². The molecule has 0 bridgehead atoms. The Morgan fingerprint density at radius 3 is 2.67 bits per heavy atom. The summed E-state index contributed by atoms with van der Waals surface area (Å²) in [5, 5.41) is 0. The first-order valence-electron chi connectivity index (χ1n) is 5.10. The molecule has 2 atom stereocenters. The van der Waals surface area contributed by atoms with Crippen LogP contribution in [0.4, 0.5) is 5.69 Å². The average Bonchev–Trinajstić information content (AvgIpc) is 2.19. The van der Waals surface area contributed by atoms with Gasteiger partial charge in [-0.15, -0.1) is 0 Å². The van der Waals surface area contributed by atoms with E-state index in [9.17, 15) is 12.6 Å². The van der Waals surface area contributed by atoms with Gasteiger partial charge in [-0.2, -0.15) is 0 Å². The molecule has 3 N–H and O–H groups in total. The van der Waals surface area contributed by atoms with Crippen molar-refractivity contribution in [3.8, 4) is 0 Å². The second-order valence-electron chi connectivity index (χ2n) is 3.95. The summed E-state index contributed by atoms with van der Waals surface area (Å²) in [6.45, 7) is 1.67. The van der Waals surface area contributed by atoms with Crippen LogP contribution in [0.5, 0.6) is 0 Å². The van der Waals surface area contributed by atoms with Crippen molar-refractivity contribution < 1.29 is 12.6 Å². The summed E-state index contributed by atoms with van der Waals surface area (Å²) >= 11 is 3.17. The van der Waals surface area contributed by atoms with Crippen molar-refractivity contribution in [2.45, 2.75) is 17.9 Å². The maximum atomic E-state index is 12.1. The highest BCUT2D eigenvalue weighted by atomic mass is 79.9. The zero-order valence-corrected chi connectivity index (χ0v) is 13.2. The Kier molecular flexibility index (Phi) is 5.32. The highest BCUT2D eigenvalue weighted by Gasteiger charge is 2.20. The first-order chi connectivity index (χ1) is 8.22. The maximum absolute atomic E-state index is 12.1. The monoisotopic (exact) mass is 354 g/mol. The minimum absolute atomic E-state index is 0.0798. The van der Waals surface area contributed by atoms with Gasteiger partial charge in [-0.25, -0.2) is 13.1 Å². The predicted octanol–water partition coefficient (Wildman–Crippen LogP) is 1.08. The highest BCUT2D eigenvalue weighted by molar-refractivity contribution is 9.10. The molecular formula is C10H15BrN2O3S2. The van der Waals surface area contributed by atoms with Gasteiger partial charge in [0.25, 0.3) is 0 Å². The summed E-state index contributed by atoms with van der Waals surface area (Å²) < 4.78 is 38.2. The number of nitrogens with two attached hydrogens (primary N) is 1. The van der Waals surface area contributed by atoms with E-state index < -0.39 is 26.9 Å². The molecule has 0 radical (unpaired) electrons. The van der Waals surface area contributed by atoms with Crippen LogP contribution in [-0.2, 0) is 20.8 Å². The molecule has 0 aromatic heterocycles. The van der Waals surface area contributed by atoms with Crippen molar-refractivity contribution in [1.29, 1.82) is 0 Å². The van der Waals surface area contributed by atoms with E-state index >= 15 is 0 Å². The minimum Gasteiger partial charge on any atom is -0.399 e. The average molecular weight is 355 g/mol. The molecule has 0 saturated carbocycles. The van der Waals surface area contributed by atoms with E-state index in [1.54, 1.807) is 19.1 Å². The van der Waals surface area contributed by atoms with Gasteiger partial charge in [0.15, 0.2) is 0 Å². The lowest BCUT2D eigenvalue weighted by atomic mass is 10.3. The van der Waals surface area contributed by atoms with Gasteiger partial charge in [0.05, 0.1) is 4.90 Å². The van der Waals surface area contributed by atoms with Gasteiger partial charge < -0.3 is 5.73 Å². The fourth-order valence-corrected chi connectivity index (χ4v) is 4.58. The van der Waals surface area contributed by atoms with E-state index in [2.05, 4.69) is 20.7 Å². The third kappa shape index (κ3) is 4.34. The lowest BCUT2D eigenvalue weighted by Crippen LogP contribution is -2.36. The molecular weight excluding hydrogens is 340 g/mol. The number of rotatable bonds is 5. The molecule has 18 heavy (non-hydrogen) atoms. The Balaban J connectivity index is 2.99. The Bertz CT molecular complexity index is 560. The third-order valence-electron chi connectivity index (χ3n) is 2.09. The van der Waals surface area contributed by atoms with Crippen molar-refractivity contribution in [3.05, 3.63) is 22.7 Å². The predicted molar refractivity (Wildman–Crippen MR) is 77.3 cm³/mol. The summed E-state index contributed by atoms with van der Waals surface area (Å²) in [7, 11) is -4.73. The quantitative estimate of drug-likeness (QED) is 0.774. The molecule has 2 unspecified atom stereocenters. The molecule has 0 heterocycles. The number of halogens is 1. The Morgan fingerprint density at radius 2 is 2.11 bits per heavy atom. The summed E-state index contributed by atoms with van der Waals surface area (Å²) in [5.74, 6) is 0.263. The highest BCUT2D eigenvalue weighted by Crippen LogP contribution is 2.24. The molecule has 102 valence electrons. The van der Waals surface area contributed by atoms with Gasteiger partial charge in [0.2, 0.25) is 10.0 Å². The van der Waals surface area contributed by atoms with E-state index in [1.165, 1.54) is 12.3 Å². The summed E-state index contributed by atoms with van der Waals surface area (Å²) in [4.78, 5) is 0.0798. The van der Waals surface area contributed by atoms with Crippen LogP contribution in [0.15, 0.2) is 27.6 Å². The molecule has 0 amide bonds. The van der Waals surface area contributed by atoms with Gasteiger partial charge in [-0.1, -0.05) is 0 Å². The van der Waals surface area contributed by atoms with Crippen LogP contribution >= 0.6 is 15.9 Å². The lowest BCUT2D eigenvalue weighted by molar-refractivity contribution is 0.569. The largest absolute Gasteiger partial charge is 0.399 e. The molecule has 0 fully saturated rings. The summed E-state index contributed by atoms with van der Waals surface area (Å²) in [6.07, 6.45) is 1.53. The van der Waals surface area contributed by atoms with Crippen molar-refractivity contribution in [1.82, 2.24) is 4.72 Å². The van der Waals surface area contributed by atoms with Crippen molar-refractivity contribution >= 4 is 42.4 Å². The number of sulfonamides is 1. The number of nitrogen functional groups attached to an aromatic ring is 1. The molecule has 1 aromatic rings. The molecule has 0 aliphatic carbocycles. The SMILES string of the molecule is CC(CS(C)=O)NS(=O)(=O)c1cc(N)ccc1Br. The summed E-state index contributed by atoms with van der Waals surface area (Å²) in [6, 6.07) is 4.15. The second kappa shape index (κ2) is 6.14. The zero-order chi connectivity index (χ0) is 13.9. The van der Waals surface area contributed by atoms with E-state index in [4.69, 9.17) is 5.73 Å². The van der Waals surface area contributed by atoms with Gasteiger partial charge in [-0.05, 0) is 41.1 Å². The van der Waals surface area contributed by atoms with Crippen molar-refractivity contribution in [2.24, 2.45) is 0 Å². The Labute approximate surface area is 118 Å².